The summed E-state index contributed by atoms with van der Waals surface area (Å²) in [7, 11) is 0. The van der Waals surface area contributed by atoms with Crippen LogP contribution in [0.3, 0.4) is 0 Å². The van der Waals surface area contributed by atoms with Gasteiger partial charge in [0, 0.05) is 51.8 Å². The second kappa shape index (κ2) is 7.47. The third kappa shape index (κ3) is 3.65. The van der Waals surface area contributed by atoms with Crippen LogP contribution in [-0.2, 0) is 17.9 Å². The van der Waals surface area contributed by atoms with Crippen molar-refractivity contribution in [3.8, 4) is 0 Å². The summed E-state index contributed by atoms with van der Waals surface area (Å²) in [6, 6.07) is 10.8. The van der Waals surface area contributed by atoms with Crippen LogP contribution in [0.25, 0.3) is 0 Å². The van der Waals surface area contributed by atoms with Crippen LogP contribution in [0.2, 0.25) is 0 Å². The molecule has 3 heterocycles. The summed E-state index contributed by atoms with van der Waals surface area (Å²) in [6.45, 7) is 11.1. The van der Waals surface area contributed by atoms with Crippen molar-refractivity contribution in [2.24, 2.45) is 17.8 Å². The van der Waals surface area contributed by atoms with Gasteiger partial charge in [-0.25, -0.2) is 4.98 Å². The van der Waals surface area contributed by atoms with Gasteiger partial charge in [0.1, 0.15) is 0 Å². The molecule has 0 saturated carbocycles. The van der Waals surface area contributed by atoms with E-state index in [9.17, 15) is 4.79 Å². The molecule has 1 aromatic carbocycles. The van der Waals surface area contributed by atoms with E-state index < -0.39 is 0 Å². The fourth-order valence-electron chi connectivity index (χ4n) is 4.93. The molecule has 0 aliphatic carbocycles. The van der Waals surface area contributed by atoms with Crippen molar-refractivity contribution in [2.75, 3.05) is 19.6 Å². The molecule has 2 fully saturated rings. The van der Waals surface area contributed by atoms with E-state index in [0.29, 0.717) is 17.8 Å². The Kier molecular flexibility index (Phi) is 5.04. The highest BCUT2D eigenvalue weighted by Crippen LogP contribution is 2.45. The van der Waals surface area contributed by atoms with Gasteiger partial charge in [-0.05, 0) is 17.4 Å². The predicted molar refractivity (Wildman–Crippen MR) is 106 cm³/mol. The number of carbonyl (C=O) groups is 1. The minimum atomic E-state index is 0.194. The summed E-state index contributed by atoms with van der Waals surface area (Å²) in [5.41, 5.74) is 2.57. The third-order valence-corrected chi connectivity index (χ3v) is 6.03. The average molecular weight is 367 g/mol. The Morgan fingerprint density at radius 2 is 1.96 bits per heavy atom. The molecule has 1 amide bonds. The maximum atomic E-state index is 12.2. The number of hydrogen-bond donors (Lipinski definition) is 0. The largest absolute Gasteiger partial charge is 0.335 e. The minimum absolute atomic E-state index is 0.194. The Labute approximate surface area is 162 Å². The average Bonchev–Trinajstić information content (AvgIpc) is 3.30. The lowest BCUT2D eigenvalue weighted by Gasteiger charge is -2.29. The topological polar surface area (TPSA) is 41.4 Å². The van der Waals surface area contributed by atoms with Crippen molar-refractivity contribution in [1.29, 1.82) is 0 Å². The molecule has 5 heteroatoms. The summed E-state index contributed by atoms with van der Waals surface area (Å²) in [5.74, 6) is 1.88. The number of nitrogens with zero attached hydrogens (tertiary/aromatic N) is 4. The molecular formula is C22H30N4O. The minimum Gasteiger partial charge on any atom is -0.335 e. The zero-order chi connectivity index (χ0) is 19.0. The molecule has 2 aliphatic rings. The monoisotopic (exact) mass is 366 g/mol. The summed E-state index contributed by atoms with van der Waals surface area (Å²) in [5, 5.41) is 0. The molecule has 0 bridgehead atoms. The van der Waals surface area contributed by atoms with Crippen LogP contribution in [0.15, 0.2) is 42.9 Å². The highest BCUT2D eigenvalue weighted by atomic mass is 16.2. The van der Waals surface area contributed by atoms with E-state index in [-0.39, 0.29) is 11.9 Å². The molecule has 3 atom stereocenters. The van der Waals surface area contributed by atoms with Crippen molar-refractivity contribution in [2.45, 2.75) is 39.9 Å². The van der Waals surface area contributed by atoms with Gasteiger partial charge in [0.25, 0.3) is 0 Å². The molecule has 0 N–H and O–H groups in total. The first-order valence-electron chi connectivity index (χ1n) is 10.1. The van der Waals surface area contributed by atoms with Gasteiger partial charge in [-0.2, -0.15) is 0 Å². The summed E-state index contributed by atoms with van der Waals surface area (Å²) >= 11 is 0. The van der Waals surface area contributed by atoms with E-state index in [0.717, 1.165) is 32.7 Å². The number of imidazole rings is 1. The van der Waals surface area contributed by atoms with E-state index in [1.54, 1.807) is 6.92 Å². The molecule has 2 aromatic rings. The predicted octanol–water partition coefficient (Wildman–Crippen LogP) is 3.19. The van der Waals surface area contributed by atoms with E-state index >= 15 is 0 Å². The van der Waals surface area contributed by atoms with E-state index in [2.05, 4.69) is 57.5 Å². The van der Waals surface area contributed by atoms with Gasteiger partial charge in [0.05, 0.1) is 18.1 Å². The van der Waals surface area contributed by atoms with Crippen LogP contribution in [0, 0.1) is 17.8 Å². The molecular weight excluding hydrogens is 336 g/mol. The molecule has 27 heavy (non-hydrogen) atoms. The molecule has 144 valence electrons. The Bertz CT molecular complexity index is 785. The van der Waals surface area contributed by atoms with Crippen LogP contribution in [-0.4, -0.2) is 44.9 Å². The van der Waals surface area contributed by atoms with Crippen LogP contribution in [0.5, 0.6) is 0 Å². The second-order valence-electron chi connectivity index (χ2n) is 8.58. The summed E-state index contributed by atoms with van der Waals surface area (Å²) < 4.78 is 2.29. The van der Waals surface area contributed by atoms with Gasteiger partial charge >= 0.3 is 0 Å². The summed E-state index contributed by atoms with van der Waals surface area (Å²) in [6.07, 6.45) is 3.96. The van der Waals surface area contributed by atoms with E-state index in [4.69, 9.17) is 0 Å². The molecule has 5 nitrogen and oxygen atoms in total. The number of likely N-dealkylation sites (tertiary alicyclic amines) is 2. The van der Waals surface area contributed by atoms with Crippen LogP contribution in [0.4, 0.5) is 0 Å². The Morgan fingerprint density at radius 1 is 1.19 bits per heavy atom. The highest BCUT2D eigenvalue weighted by Gasteiger charge is 2.48. The Hall–Kier alpha value is -2.14. The molecule has 4 rings (SSSR count). The third-order valence-electron chi connectivity index (χ3n) is 6.03. The number of carbonyl (C=O) groups excluding carboxylic acids is 1. The molecule has 1 aromatic heterocycles. The van der Waals surface area contributed by atoms with E-state index in [1.807, 2.05) is 18.6 Å². The van der Waals surface area contributed by atoms with Gasteiger partial charge in [-0.1, -0.05) is 44.2 Å². The van der Waals surface area contributed by atoms with Crippen molar-refractivity contribution in [1.82, 2.24) is 19.4 Å². The lowest BCUT2D eigenvalue weighted by Crippen LogP contribution is -2.34. The molecule has 0 spiro atoms. The number of fused-ring (bicyclic) bond motifs is 1. The molecule has 0 radical (unpaired) electrons. The zero-order valence-electron chi connectivity index (χ0n) is 16.6. The van der Waals surface area contributed by atoms with Crippen LogP contribution < -0.4 is 0 Å². The first kappa shape index (κ1) is 18.2. The van der Waals surface area contributed by atoms with Gasteiger partial charge in [-0.3, -0.25) is 9.69 Å². The lowest BCUT2D eigenvalue weighted by molar-refractivity contribution is -0.130. The van der Waals surface area contributed by atoms with Crippen molar-refractivity contribution < 1.29 is 4.79 Å². The first-order valence-corrected chi connectivity index (χ1v) is 10.1. The van der Waals surface area contributed by atoms with Gasteiger partial charge in [0.15, 0.2) is 0 Å². The number of benzene rings is 1. The van der Waals surface area contributed by atoms with E-state index in [1.165, 1.54) is 11.3 Å². The van der Waals surface area contributed by atoms with Crippen LogP contribution in [0.1, 0.15) is 38.1 Å². The Morgan fingerprint density at radius 3 is 2.67 bits per heavy atom. The number of aromatic nitrogens is 2. The maximum absolute atomic E-state index is 12.2. The quantitative estimate of drug-likeness (QED) is 0.816. The highest BCUT2D eigenvalue weighted by molar-refractivity contribution is 5.74. The summed E-state index contributed by atoms with van der Waals surface area (Å²) in [4.78, 5) is 21.3. The smallest absolute Gasteiger partial charge is 0.219 e. The molecule has 2 aliphatic heterocycles. The lowest BCUT2D eigenvalue weighted by atomic mass is 9.89. The normalized spacial score (nSPS) is 25.3. The molecule has 0 unspecified atom stereocenters. The standard InChI is InChI=1S/C22H30N4O/c1-16(2)10-25-15-23-9-20(25)13-24-11-19-12-26(17(3)27)22(21(19)14-24)18-7-5-4-6-8-18/h4-9,15-16,19,21-22H,10-14H2,1-3H3/t19-,21-,22-/m1/s1. The first-order chi connectivity index (χ1) is 13.0. The number of rotatable bonds is 5. The fraction of sp³-hybridized carbons (Fsp3) is 0.545. The van der Waals surface area contributed by atoms with Gasteiger partial charge in [0.2, 0.25) is 5.91 Å². The SMILES string of the molecule is CC(=O)N1C[C@H]2CN(Cc3cncn3CC(C)C)C[C@H]2[C@H]1c1ccccc1. The van der Waals surface area contributed by atoms with Gasteiger partial charge in [-0.15, -0.1) is 0 Å². The van der Waals surface area contributed by atoms with Crippen LogP contribution >= 0.6 is 0 Å². The maximum Gasteiger partial charge on any atom is 0.219 e. The van der Waals surface area contributed by atoms with Gasteiger partial charge < -0.3 is 9.47 Å². The Balaban J connectivity index is 1.50. The molecule has 2 saturated heterocycles. The van der Waals surface area contributed by atoms with Crippen molar-refractivity contribution in [3.63, 3.8) is 0 Å². The second-order valence-corrected chi connectivity index (χ2v) is 8.58. The number of amides is 1. The fourth-order valence-corrected chi connectivity index (χ4v) is 4.93. The zero-order valence-corrected chi connectivity index (χ0v) is 16.6. The van der Waals surface area contributed by atoms with Crippen molar-refractivity contribution >= 4 is 5.91 Å². The van der Waals surface area contributed by atoms with Crippen molar-refractivity contribution in [3.05, 3.63) is 54.1 Å². The number of hydrogen-bond acceptors (Lipinski definition) is 3.